The van der Waals surface area contributed by atoms with Crippen LogP contribution < -0.4 is 21.3 Å². The summed E-state index contributed by atoms with van der Waals surface area (Å²) >= 11 is 0. The summed E-state index contributed by atoms with van der Waals surface area (Å²) in [5.41, 5.74) is 3.31. The highest BCUT2D eigenvalue weighted by atomic mass is 16.6. The molecule has 4 aromatic rings. The zero-order chi connectivity index (χ0) is 43.1. The van der Waals surface area contributed by atoms with Crippen LogP contribution in [0.25, 0.3) is 0 Å². The fourth-order valence-corrected chi connectivity index (χ4v) is 4.44. The Hall–Kier alpha value is -8.14. The quantitative estimate of drug-likeness (QED) is 0.0653. The van der Waals surface area contributed by atoms with Gasteiger partial charge in [0.2, 0.25) is 0 Å². The summed E-state index contributed by atoms with van der Waals surface area (Å²) < 4.78 is 24.6. The van der Waals surface area contributed by atoms with Crippen LogP contribution >= 0.6 is 0 Å². The Bertz CT molecular complexity index is 1830. The van der Waals surface area contributed by atoms with Crippen LogP contribution in [0, 0.1) is 0 Å². The van der Waals surface area contributed by atoms with Crippen LogP contribution in [-0.2, 0) is 78.9 Å². The molecule has 0 radical (unpaired) electrons. The maximum atomic E-state index is 12.0. The van der Waals surface area contributed by atoms with Crippen molar-refractivity contribution in [2.75, 3.05) is 13.1 Å². The molecule has 0 aliphatic carbocycles. The molecule has 4 N–H and O–H groups in total. The molecule has 19 nitrogen and oxygen atoms in total. The van der Waals surface area contributed by atoms with Gasteiger partial charge in [-0.25, -0.2) is 28.8 Å². The lowest BCUT2D eigenvalue weighted by molar-refractivity contribution is -0.193. The first-order valence-electron chi connectivity index (χ1n) is 17.2. The number of cyclic esters (lactones) is 2. The predicted molar refractivity (Wildman–Crippen MR) is 197 cm³/mol. The summed E-state index contributed by atoms with van der Waals surface area (Å²) in [5, 5.41) is 9.56. The molecule has 0 bridgehead atoms. The lowest BCUT2D eigenvalue weighted by atomic mass is 10.1. The summed E-state index contributed by atoms with van der Waals surface area (Å²) in [6.45, 7) is 0.875. The number of hydrogen-bond donors (Lipinski definition) is 4. The molecule has 4 aromatic carbocycles. The van der Waals surface area contributed by atoms with E-state index >= 15 is 0 Å². The average Bonchev–Trinajstić information content (AvgIpc) is 3.51. The van der Waals surface area contributed by atoms with Gasteiger partial charge in [-0.15, -0.1) is 0 Å². The van der Waals surface area contributed by atoms with E-state index in [1.165, 1.54) is 0 Å². The third kappa shape index (κ3) is 20.4. The summed E-state index contributed by atoms with van der Waals surface area (Å²) in [7, 11) is 0. The van der Waals surface area contributed by atoms with Crippen LogP contribution in [0.2, 0.25) is 0 Å². The Morgan fingerprint density at radius 2 is 0.678 bits per heavy atom. The van der Waals surface area contributed by atoms with Gasteiger partial charge in [0.15, 0.2) is 12.1 Å². The summed E-state index contributed by atoms with van der Waals surface area (Å²) in [5.74, 6) is -2.00. The highest BCUT2D eigenvalue weighted by Crippen LogP contribution is 2.12. The summed E-state index contributed by atoms with van der Waals surface area (Å²) in [4.78, 5) is 103. The van der Waals surface area contributed by atoms with E-state index < -0.39 is 48.4 Å². The molecule has 1 saturated heterocycles. The zero-order valence-electron chi connectivity index (χ0n) is 31.1. The minimum absolute atomic E-state index is 0.0282. The molecule has 1 aliphatic heterocycles. The Balaban J connectivity index is 0.000000364. The second kappa shape index (κ2) is 28.3. The number of ether oxygens (including phenoxy) is 5. The van der Waals surface area contributed by atoms with Crippen LogP contribution in [0.3, 0.4) is 0 Å². The van der Waals surface area contributed by atoms with Gasteiger partial charge in [0, 0.05) is 13.1 Å². The first-order chi connectivity index (χ1) is 28.6. The number of amides is 4. The molecular weight excluding hydrogens is 776 g/mol. The fourth-order valence-electron chi connectivity index (χ4n) is 4.44. The fraction of sp³-hybridized carbons (Fsp3) is 0.200. The molecule has 5 rings (SSSR count). The second-order valence-electron chi connectivity index (χ2n) is 11.3. The summed E-state index contributed by atoms with van der Waals surface area (Å²) in [6.07, 6.45) is -2.43. The van der Waals surface area contributed by atoms with E-state index in [9.17, 15) is 28.8 Å². The van der Waals surface area contributed by atoms with Gasteiger partial charge in [-0.2, -0.15) is 19.2 Å². The standard InChI is InChI=1S/C20H18N2O7.C18H20N2O4.2CO2/c23-17-15(21-19(25)27-11-13-7-3-1-4-8-13)16(18(24)29-17)22-20(26)28-12-14-9-5-2-6-10-14;21-17(23-13-15-7-3-1-4-8-15)19-11-12-20-18(22)24-14-16-9-5-2-6-10-16;2*2-1-3/h1-10,15-16H,11-12H2,(H,21,25)(H,22,26);1-10H,11-14H2,(H,19,21)(H,20,22);;/t15-,16+;;;. The Kier molecular flexibility index (Phi) is 22.5. The van der Waals surface area contributed by atoms with Crippen LogP contribution in [0.15, 0.2) is 121 Å². The zero-order valence-corrected chi connectivity index (χ0v) is 31.1. The van der Waals surface area contributed by atoms with E-state index in [0.717, 1.165) is 22.3 Å². The van der Waals surface area contributed by atoms with Gasteiger partial charge < -0.3 is 45.0 Å². The average molecular weight is 815 g/mol. The second-order valence-corrected chi connectivity index (χ2v) is 11.3. The molecule has 308 valence electrons. The van der Waals surface area contributed by atoms with Gasteiger partial charge in [-0.3, -0.25) is 0 Å². The SMILES string of the molecule is O=C(NCCNC(=O)OCc1ccccc1)OCc1ccccc1.O=C(N[C@@H]1C(=O)OC(=O)[C@@H]1NC(=O)OCc1ccccc1)OCc1ccccc1.O=C=O.O=C=O. The van der Waals surface area contributed by atoms with Crippen LogP contribution in [-0.4, -0.2) is 73.8 Å². The van der Waals surface area contributed by atoms with Crippen LogP contribution in [0.4, 0.5) is 19.2 Å². The van der Waals surface area contributed by atoms with Crippen molar-refractivity contribution in [3.05, 3.63) is 144 Å². The number of benzene rings is 4. The molecular formula is C40H38N4O15. The van der Waals surface area contributed by atoms with Crippen molar-refractivity contribution in [2.24, 2.45) is 0 Å². The smallest absolute Gasteiger partial charge is 0.408 e. The number of alkyl carbamates (subject to hydrolysis) is 4. The van der Waals surface area contributed by atoms with Gasteiger partial charge in [0.05, 0.1) is 0 Å². The minimum Gasteiger partial charge on any atom is -0.445 e. The van der Waals surface area contributed by atoms with Crippen molar-refractivity contribution in [2.45, 2.75) is 38.5 Å². The molecule has 4 amide bonds. The molecule has 1 aliphatic rings. The number of carbonyl (C=O) groups excluding carboxylic acids is 10. The molecule has 0 unspecified atom stereocenters. The maximum Gasteiger partial charge on any atom is 0.408 e. The van der Waals surface area contributed by atoms with Crippen molar-refractivity contribution in [1.29, 1.82) is 0 Å². The van der Waals surface area contributed by atoms with Gasteiger partial charge in [-0.1, -0.05) is 121 Å². The lowest BCUT2D eigenvalue weighted by Gasteiger charge is -2.16. The number of rotatable bonds is 13. The van der Waals surface area contributed by atoms with Crippen molar-refractivity contribution in [3.63, 3.8) is 0 Å². The number of nitrogens with one attached hydrogen (secondary N) is 4. The van der Waals surface area contributed by atoms with E-state index in [2.05, 4.69) is 26.0 Å². The Morgan fingerprint density at radius 1 is 0.441 bits per heavy atom. The van der Waals surface area contributed by atoms with Gasteiger partial charge >= 0.3 is 48.6 Å². The topological polar surface area (TPSA) is 265 Å². The first-order valence-corrected chi connectivity index (χ1v) is 17.2. The molecule has 59 heavy (non-hydrogen) atoms. The Labute approximate surface area is 336 Å². The Morgan fingerprint density at radius 3 is 0.932 bits per heavy atom. The molecule has 0 saturated carbocycles. The highest BCUT2D eigenvalue weighted by Gasteiger charge is 2.47. The first kappa shape index (κ1) is 47.0. The van der Waals surface area contributed by atoms with Crippen molar-refractivity contribution >= 4 is 48.6 Å². The van der Waals surface area contributed by atoms with E-state index in [-0.39, 0.29) is 51.8 Å². The van der Waals surface area contributed by atoms with Crippen LogP contribution in [0.5, 0.6) is 0 Å². The van der Waals surface area contributed by atoms with E-state index in [1.54, 1.807) is 48.5 Å². The van der Waals surface area contributed by atoms with Gasteiger partial charge in [-0.05, 0) is 22.3 Å². The predicted octanol–water partition coefficient (Wildman–Crippen LogP) is 3.33. The highest BCUT2D eigenvalue weighted by molar-refractivity contribution is 6.03. The molecule has 1 fully saturated rings. The minimum atomic E-state index is -1.42. The number of hydrogen-bond acceptors (Lipinski definition) is 15. The van der Waals surface area contributed by atoms with Gasteiger partial charge in [0.25, 0.3) is 0 Å². The largest absolute Gasteiger partial charge is 0.445 e. The van der Waals surface area contributed by atoms with E-state index in [1.807, 2.05) is 72.8 Å². The van der Waals surface area contributed by atoms with Gasteiger partial charge in [0.1, 0.15) is 26.4 Å². The monoisotopic (exact) mass is 814 g/mol. The molecule has 19 heteroatoms. The molecule has 1 heterocycles. The third-order valence-corrected chi connectivity index (χ3v) is 7.10. The van der Waals surface area contributed by atoms with E-state index in [0.29, 0.717) is 0 Å². The molecule has 0 aromatic heterocycles. The molecule has 2 atom stereocenters. The summed E-state index contributed by atoms with van der Waals surface area (Å²) in [6, 6.07) is 33.7. The molecule has 0 spiro atoms. The normalized spacial score (nSPS) is 13.1. The van der Waals surface area contributed by atoms with Crippen molar-refractivity contribution in [3.8, 4) is 0 Å². The number of esters is 2. The maximum absolute atomic E-state index is 12.0. The van der Waals surface area contributed by atoms with Crippen molar-refractivity contribution < 1.29 is 71.6 Å². The third-order valence-electron chi connectivity index (χ3n) is 7.10. The van der Waals surface area contributed by atoms with Crippen LogP contribution in [0.1, 0.15) is 22.3 Å². The van der Waals surface area contributed by atoms with Crippen molar-refractivity contribution in [1.82, 2.24) is 21.3 Å². The lowest BCUT2D eigenvalue weighted by Crippen LogP contribution is -2.53. The van der Waals surface area contributed by atoms with E-state index in [4.69, 9.17) is 38.1 Å². The number of carbonyl (C=O) groups is 6.